The van der Waals surface area contributed by atoms with Crippen molar-refractivity contribution in [3.63, 3.8) is 0 Å². The largest absolute Gasteiger partial charge is 0.278 e. The summed E-state index contributed by atoms with van der Waals surface area (Å²) in [5.74, 6) is 1.28. The summed E-state index contributed by atoms with van der Waals surface area (Å²) in [6, 6.07) is 72.2. The molecule has 0 N–H and O–H groups in total. The molecule has 0 unspecified atom stereocenters. The van der Waals surface area contributed by atoms with Gasteiger partial charge in [0, 0.05) is 64.0 Å². The van der Waals surface area contributed by atoms with Crippen LogP contribution in [-0.4, -0.2) is 29.1 Å². The first kappa shape index (κ1) is 35.5. The van der Waals surface area contributed by atoms with Crippen molar-refractivity contribution in [2.75, 3.05) is 0 Å². The van der Waals surface area contributed by atoms with Gasteiger partial charge in [-0.3, -0.25) is 9.13 Å². The van der Waals surface area contributed by atoms with Gasteiger partial charge in [0.05, 0.1) is 44.8 Å². The number of thiophene rings is 1. The molecule has 0 saturated carbocycles. The molecule has 0 atom stereocenters. The van der Waals surface area contributed by atoms with E-state index in [2.05, 4.69) is 191 Å². The number of fused-ring (bicyclic) bond motifs is 10. The molecular formula is C56H34N6S. The van der Waals surface area contributed by atoms with E-state index in [0.29, 0.717) is 11.9 Å². The van der Waals surface area contributed by atoms with Crippen LogP contribution in [0.1, 0.15) is 0 Å². The predicted molar refractivity (Wildman–Crippen MR) is 261 cm³/mol. The lowest BCUT2D eigenvalue weighted by Crippen LogP contribution is -2.04. The van der Waals surface area contributed by atoms with E-state index >= 15 is 0 Å². The average molecular weight is 823 g/mol. The third-order valence-electron chi connectivity index (χ3n) is 12.2. The van der Waals surface area contributed by atoms with Crippen molar-refractivity contribution in [1.82, 2.24) is 29.1 Å². The Morgan fingerprint density at radius 2 is 0.730 bits per heavy atom. The zero-order valence-corrected chi connectivity index (χ0v) is 34.5. The molecule has 0 amide bonds. The molecule has 0 bridgehead atoms. The van der Waals surface area contributed by atoms with Gasteiger partial charge in [-0.25, -0.2) is 19.9 Å². The van der Waals surface area contributed by atoms with Gasteiger partial charge >= 0.3 is 0 Å². The summed E-state index contributed by atoms with van der Waals surface area (Å²) in [7, 11) is 0. The monoisotopic (exact) mass is 822 g/mol. The highest BCUT2D eigenvalue weighted by Crippen LogP contribution is 2.46. The molecule has 0 aliphatic rings. The number of hydrogen-bond acceptors (Lipinski definition) is 5. The molecule has 0 fully saturated rings. The van der Waals surface area contributed by atoms with Gasteiger partial charge in [-0.05, 0) is 42.5 Å². The second kappa shape index (κ2) is 14.2. The second-order valence-corrected chi connectivity index (χ2v) is 16.9. The Bertz CT molecular complexity index is 3780. The highest BCUT2D eigenvalue weighted by Gasteiger charge is 2.23. The van der Waals surface area contributed by atoms with Crippen molar-refractivity contribution in [2.24, 2.45) is 0 Å². The number of rotatable bonds is 6. The first-order valence-corrected chi connectivity index (χ1v) is 21.9. The molecule has 0 spiro atoms. The van der Waals surface area contributed by atoms with Crippen molar-refractivity contribution >= 4 is 75.1 Å². The van der Waals surface area contributed by atoms with Gasteiger partial charge < -0.3 is 0 Å². The van der Waals surface area contributed by atoms with Crippen LogP contribution >= 0.6 is 11.3 Å². The predicted octanol–water partition coefficient (Wildman–Crippen LogP) is 14.5. The summed E-state index contributed by atoms with van der Waals surface area (Å²) in [6.45, 7) is 0. The lowest BCUT2D eigenvalue weighted by molar-refractivity contribution is 0.995. The lowest BCUT2D eigenvalue weighted by Gasteiger charge is -2.12. The fraction of sp³-hybridized carbons (Fsp3) is 0. The van der Waals surface area contributed by atoms with E-state index in [1.54, 1.807) is 0 Å². The third kappa shape index (κ3) is 5.71. The summed E-state index contributed by atoms with van der Waals surface area (Å²) < 4.78 is 6.92. The van der Waals surface area contributed by atoms with Crippen molar-refractivity contribution in [2.45, 2.75) is 0 Å². The first-order chi connectivity index (χ1) is 31.2. The minimum absolute atomic E-state index is 0.639. The van der Waals surface area contributed by atoms with Gasteiger partial charge in [0.1, 0.15) is 0 Å². The molecular weight excluding hydrogens is 789 g/mol. The molecule has 8 aromatic carbocycles. The van der Waals surface area contributed by atoms with E-state index < -0.39 is 0 Å². The van der Waals surface area contributed by atoms with Gasteiger partial charge in [-0.2, -0.15) is 0 Å². The highest BCUT2D eigenvalue weighted by atomic mass is 32.1. The van der Waals surface area contributed by atoms with Crippen LogP contribution in [0.4, 0.5) is 0 Å². The molecule has 5 heterocycles. The Balaban J connectivity index is 1.06. The Morgan fingerprint density at radius 3 is 1.24 bits per heavy atom. The second-order valence-electron chi connectivity index (χ2n) is 15.9. The Morgan fingerprint density at radius 1 is 0.302 bits per heavy atom. The van der Waals surface area contributed by atoms with Gasteiger partial charge in [0.2, 0.25) is 11.9 Å². The normalized spacial score (nSPS) is 11.8. The zero-order chi connectivity index (χ0) is 41.4. The van der Waals surface area contributed by atoms with E-state index in [1.165, 1.54) is 30.9 Å². The van der Waals surface area contributed by atoms with Crippen molar-refractivity contribution in [1.29, 1.82) is 0 Å². The standard InChI is InChI=1S/C56H34N6S/c1-5-17-35(18-6-1)44-32-45(36-19-7-2-8-20-36)58-55(57-44)61-49-28-16-14-26-41(49)53-50(61)30-29-40-43-31-42-39-25-13-15-27-48(39)62(51(42)34-52(43)63-54(40)53)56-59-46(37-21-9-3-10-22-37)33-47(60-56)38-23-11-4-12-24-38/h1-34H. The fourth-order valence-corrected chi connectivity index (χ4v) is 10.5. The maximum Gasteiger partial charge on any atom is 0.235 e. The summed E-state index contributed by atoms with van der Waals surface area (Å²) in [6.07, 6.45) is 0. The van der Waals surface area contributed by atoms with E-state index in [0.717, 1.165) is 77.9 Å². The third-order valence-corrected chi connectivity index (χ3v) is 13.4. The number of nitrogens with zero attached hydrogens (tertiary/aromatic N) is 6. The van der Waals surface area contributed by atoms with Gasteiger partial charge in [0.25, 0.3) is 0 Å². The smallest absolute Gasteiger partial charge is 0.235 e. The molecule has 0 radical (unpaired) electrons. The first-order valence-electron chi connectivity index (χ1n) is 21.1. The number of benzene rings is 8. The van der Waals surface area contributed by atoms with Crippen LogP contribution in [0.15, 0.2) is 206 Å². The molecule has 0 saturated heterocycles. The van der Waals surface area contributed by atoms with Gasteiger partial charge in [0.15, 0.2) is 0 Å². The van der Waals surface area contributed by atoms with Crippen LogP contribution < -0.4 is 0 Å². The molecule has 294 valence electrons. The molecule has 0 aliphatic carbocycles. The Labute approximate surface area is 365 Å². The zero-order valence-electron chi connectivity index (χ0n) is 33.7. The summed E-state index contributed by atoms with van der Waals surface area (Å²) in [4.78, 5) is 21.2. The fourth-order valence-electron chi connectivity index (χ4n) is 9.27. The Kier molecular flexibility index (Phi) is 7.98. The molecule has 63 heavy (non-hydrogen) atoms. The SMILES string of the molecule is c1ccc(-c2cc(-c3ccccc3)nc(-n3c4ccccc4c4cc5c(cc43)sc3c5ccc4c3c3ccccc3n4-c3nc(-c4ccccc4)cc(-c4ccccc4)n3)n2)cc1. The lowest BCUT2D eigenvalue weighted by atomic mass is 10.1. The van der Waals surface area contributed by atoms with E-state index in [-0.39, 0.29) is 0 Å². The quantitative estimate of drug-likeness (QED) is 0.168. The van der Waals surface area contributed by atoms with Gasteiger partial charge in [-0.1, -0.05) is 164 Å². The maximum absolute atomic E-state index is 5.29. The van der Waals surface area contributed by atoms with Crippen LogP contribution in [0.3, 0.4) is 0 Å². The Hall–Kier alpha value is -8.26. The summed E-state index contributed by atoms with van der Waals surface area (Å²) >= 11 is 1.83. The minimum atomic E-state index is 0.639. The van der Waals surface area contributed by atoms with Crippen LogP contribution in [-0.2, 0) is 0 Å². The summed E-state index contributed by atoms with van der Waals surface area (Å²) in [5, 5.41) is 7.13. The molecule has 0 aliphatic heterocycles. The minimum Gasteiger partial charge on any atom is -0.278 e. The highest BCUT2D eigenvalue weighted by molar-refractivity contribution is 7.26. The molecule has 7 heteroatoms. The number of aromatic nitrogens is 6. The maximum atomic E-state index is 5.29. The van der Waals surface area contributed by atoms with E-state index in [4.69, 9.17) is 19.9 Å². The summed E-state index contributed by atoms with van der Waals surface area (Å²) in [5.41, 5.74) is 11.9. The number of hydrogen-bond donors (Lipinski definition) is 0. The molecule has 5 aromatic heterocycles. The molecule has 13 rings (SSSR count). The van der Waals surface area contributed by atoms with Crippen LogP contribution in [0.25, 0.3) is 121 Å². The van der Waals surface area contributed by atoms with Crippen LogP contribution in [0.2, 0.25) is 0 Å². The van der Waals surface area contributed by atoms with Crippen molar-refractivity contribution in [3.8, 4) is 56.9 Å². The van der Waals surface area contributed by atoms with Crippen molar-refractivity contribution in [3.05, 3.63) is 206 Å². The van der Waals surface area contributed by atoms with E-state index in [1.807, 2.05) is 35.6 Å². The van der Waals surface area contributed by atoms with Gasteiger partial charge in [-0.15, -0.1) is 11.3 Å². The van der Waals surface area contributed by atoms with Crippen LogP contribution in [0, 0.1) is 0 Å². The topological polar surface area (TPSA) is 61.4 Å². The van der Waals surface area contributed by atoms with Crippen LogP contribution in [0.5, 0.6) is 0 Å². The number of para-hydroxylation sites is 2. The molecule has 13 aromatic rings. The molecule has 6 nitrogen and oxygen atoms in total. The average Bonchev–Trinajstić information content (AvgIpc) is 4.01. The van der Waals surface area contributed by atoms with E-state index in [9.17, 15) is 0 Å². The van der Waals surface area contributed by atoms with Crippen molar-refractivity contribution < 1.29 is 0 Å².